The van der Waals surface area contributed by atoms with Gasteiger partial charge >= 0.3 is 0 Å². The molecule has 2 nitrogen and oxygen atoms in total. The first-order chi connectivity index (χ1) is 6.07. The Balaban J connectivity index is 3.27. The fourth-order valence-electron chi connectivity index (χ4n) is 0.859. The standard InChI is InChI=1S/C7H6F3IN2/c8-4-2-13-6(7(9)10)5(11)3(4)1-12/h2,7H,1,12H2. The molecule has 0 radical (unpaired) electrons. The van der Waals surface area contributed by atoms with Gasteiger partial charge in [-0.3, -0.25) is 4.98 Å². The average Bonchev–Trinajstić information content (AvgIpc) is 2.04. The van der Waals surface area contributed by atoms with E-state index in [1.165, 1.54) is 0 Å². The molecule has 0 unspecified atom stereocenters. The van der Waals surface area contributed by atoms with Crippen LogP contribution in [0.1, 0.15) is 17.7 Å². The summed E-state index contributed by atoms with van der Waals surface area (Å²) in [6, 6.07) is 0. The third-order valence-electron chi connectivity index (χ3n) is 1.51. The molecule has 0 aliphatic carbocycles. The second-order valence-corrected chi connectivity index (χ2v) is 3.37. The van der Waals surface area contributed by atoms with Crippen molar-refractivity contribution in [3.63, 3.8) is 0 Å². The van der Waals surface area contributed by atoms with Gasteiger partial charge < -0.3 is 5.73 Å². The summed E-state index contributed by atoms with van der Waals surface area (Å²) in [7, 11) is 0. The molecule has 1 rings (SSSR count). The fourth-order valence-corrected chi connectivity index (χ4v) is 1.71. The van der Waals surface area contributed by atoms with Crippen LogP contribution in [-0.4, -0.2) is 4.98 Å². The molecule has 72 valence electrons. The van der Waals surface area contributed by atoms with Gasteiger partial charge in [0.05, 0.1) is 6.20 Å². The molecular weight excluding hydrogens is 296 g/mol. The molecule has 0 amide bonds. The summed E-state index contributed by atoms with van der Waals surface area (Å²) >= 11 is 1.62. The van der Waals surface area contributed by atoms with Crippen LogP contribution in [-0.2, 0) is 6.54 Å². The first kappa shape index (κ1) is 10.7. The molecule has 0 bridgehead atoms. The van der Waals surface area contributed by atoms with Crippen molar-refractivity contribution >= 4 is 22.6 Å². The number of rotatable bonds is 2. The van der Waals surface area contributed by atoms with Gasteiger partial charge in [-0.1, -0.05) is 0 Å². The minimum absolute atomic E-state index is 0.0888. The largest absolute Gasteiger partial charge is 0.326 e. The van der Waals surface area contributed by atoms with E-state index in [2.05, 4.69) is 4.98 Å². The van der Waals surface area contributed by atoms with E-state index < -0.39 is 17.9 Å². The Kier molecular flexibility index (Phi) is 3.48. The SMILES string of the molecule is NCc1c(F)cnc(C(F)F)c1I. The van der Waals surface area contributed by atoms with Crippen molar-refractivity contribution in [2.45, 2.75) is 13.0 Å². The molecule has 0 aliphatic heterocycles. The Hall–Kier alpha value is -0.370. The summed E-state index contributed by atoms with van der Waals surface area (Å²) in [5.74, 6) is -0.642. The highest BCUT2D eigenvalue weighted by Gasteiger charge is 2.18. The van der Waals surface area contributed by atoms with Gasteiger partial charge in [0.1, 0.15) is 11.5 Å². The van der Waals surface area contributed by atoms with Crippen LogP contribution >= 0.6 is 22.6 Å². The van der Waals surface area contributed by atoms with E-state index >= 15 is 0 Å². The van der Waals surface area contributed by atoms with Crippen molar-refractivity contribution in [3.05, 3.63) is 26.8 Å². The quantitative estimate of drug-likeness (QED) is 0.851. The molecule has 1 aromatic heterocycles. The van der Waals surface area contributed by atoms with E-state index in [-0.39, 0.29) is 15.7 Å². The van der Waals surface area contributed by atoms with Crippen molar-refractivity contribution in [1.82, 2.24) is 4.98 Å². The molecule has 13 heavy (non-hydrogen) atoms. The third kappa shape index (κ3) is 2.11. The van der Waals surface area contributed by atoms with Gasteiger partial charge in [0, 0.05) is 15.7 Å². The second-order valence-electron chi connectivity index (χ2n) is 2.29. The summed E-state index contributed by atoms with van der Waals surface area (Å²) in [4.78, 5) is 3.30. The predicted molar refractivity (Wildman–Crippen MR) is 49.8 cm³/mol. The molecule has 0 aliphatic rings. The zero-order valence-electron chi connectivity index (χ0n) is 6.40. The first-order valence-corrected chi connectivity index (χ1v) is 4.46. The summed E-state index contributed by atoms with van der Waals surface area (Å²) in [6.07, 6.45) is -1.93. The zero-order chi connectivity index (χ0) is 10.0. The minimum Gasteiger partial charge on any atom is -0.326 e. The molecule has 0 saturated heterocycles. The third-order valence-corrected chi connectivity index (χ3v) is 2.71. The van der Waals surface area contributed by atoms with E-state index in [0.29, 0.717) is 0 Å². The zero-order valence-corrected chi connectivity index (χ0v) is 8.56. The van der Waals surface area contributed by atoms with E-state index in [4.69, 9.17) is 5.73 Å². The van der Waals surface area contributed by atoms with Crippen LogP contribution in [0.25, 0.3) is 0 Å². The summed E-state index contributed by atoms with van der Waals surface area (Å²) in [6.45, 7) is -0.105. The van der Waals surface area contributed by atoms with Crippen LogP contribution < -0.4 is 5.73 Å². The molecule has 0 spiro atoms. The maximum atomic E-state index is 12.9. The number of pyridine rings is 1. The normalized spacial score (nSPS) is 10.9. The number of alkyl halides is 2. The molecular formula is C7H6F3IN2. The van der Waals surface area contributed by atoms with Crippen molar-refractivity contribution in [3.8, 4) is 0 Å². The Morgan fingerprint density at radius 3 is 2.62 bits per heavy atom. The van der Waals surface area contributed by atoms with Crippen LogP contribution in [0.2, 0.25) is 0 Å². The fraction of sp³-hybridized carbons (Fsp3) is 0.286. The van der Waals surface area contributed by atoms with Gasteiger partial charge in [-0.15, -0.1) is 0 Å². The number of nitrogens with zero attached hydrogens (tertiary/aromatic N) is 1. The van der Waals surface area contributed by atoms with Crippen molar-refractivity contribution < 1.29 is 13.2 Å². The van der Waals surface area contributed by atoms with Gasteiger partial charge in [0.25, 0.3) is 6.43 Å². The van der Waals surface area contributed by atoms with Crippen LogP contribution in [0.5, 0.6) is 0 Å². The highest BCUT2D eigenvalue weighted by atomic mass is 127. The lowest BCUT2D eigenvalue weighted by Crippen LogP contribution is -2.07. The highest BCUT2D eigenvalue weighted by molar-refractivity contribution is 14.1. The lowest BCUT2D eigenvalue weighted by atomic mass is 10.2. The van der Waals surface area contributed by atoms with Crippen molar-refractivity contribution in [1.29, 1.82) is 0 Å². The molecule has 6 heteroatoms. The number of halogens is 4. The lowest BCUT2D eigenvalue weighted by molar-refractivity contribution is 0.144. The lowest BCUT2D eigenvalue weighted by Gasteiger charge is -2.07. The van der Waals surface area contributed by atoms with Crippen LogP contribution in [0, 0.1) is 9.39 Å². The van der Waals surface area contributed by atoms with Crippen molar-refractivity contribution in [2.24, 2.45) is 5.73 Å². The van der Waals surface area contributed by atoms with Gasteiger partial charge in [0.15, 0.2) is 0 Å². The van der Waals surface area contributed by atoms with Crippen LogP contribution in [0.15, 0.2) is 6.20 Å². The van der Waals surface area contributed by atoms with Gasteiger partial charge in [-0.2, -0.15) is 0 Å². The Labute approximate surface area is 86.5 Å². The number of aromatic nitrogens is 1. The molecule has 0 saturated carbocycles. The second kappa shape index (κ2) is 4.23. The van der Waals surface area contributed by atoms with Crippen LogP contribution in [0.3, 0.4) is 0 Å². The molecule has 0 atom stereocenters. The molecule has 0 aromatic carbocycles. The van der Waals surface area contributed by atoms with Crippen molar-refractivity contribution in [2.75, 3.05) is 0 Å². The van der Waals surface area contributed by atoms with Gasteiger partial charge in [0.2, 0.25) is 0 Å². The average molecular weight is 302 g/mol. The molecule has 2 N–H and O–H groups in total. The number of nitrogens with two attached hydrogens (primary N) is 1. The molecule has 1 heterocycles. The minimum atomic E-state index is -2.70. The summed E-state index contributed by atoms with van der Waals surface area (Å²) in [5, 5.41) is 0. The van der Waals surface area contributed by atoms with Crippen LogP contribution in [0.4, 0.5) is 13.2 Å². The Morgan fingerprint density at radius 2 is 2.15 bits per heavy atom. The van der Waals surface area contributed by atoms with Gasteiger partial charge in [-0.25, -0.2) is 13.2 Å². The van der Waals surface area contributed by atoms with E-state index in [0.717, 1.165) is 6.20 Å². The van der Waals surface area contributed by atoms with E-state index in [1.807, 2.05) is 0 Å². The smallest absolute Gasteiger partial charge is 0.281 e. The Morgan fingerprint density at radius 1 is 1.54 bits per heavy atom. The number of hydrogen-bond acceptors (Lipinski definition) is 2. The first-order valence-electron chi connectivity index (χ1n) is 3.39. The number of hydrogen-bond donors (Lipinski definition) is 1. The maximum absolute atomic E-state index is 12.9. The predicted octanol–water partition coefficient (Wildman–Crippen LogP) is 2.22. The van der Waals surface area contributed by atoms with Gasteiger partial charge in [-0.05, 0) is 22.6 Å². The summed E-state index contributed by atoms with van der Waals surface area (Å²) in [5.41, 5.74) is 4.88. The highest BCUT2D eigenvalue weighted by Crippen LogP contribution is 2.25. The topological polar surface area (TPSA) is 38.9 Å². The van der Waals surface area contributed by atoms with E-state index in [9.17, 15) is 13.2 Å². The van der Waals surface area contributed by atoms with E-state index in [1.54, 1.807) is 22.6 Å². The Bertz CT molecular complexity index is 317. The summed E-state index contributed by atoms with van der Waals surface area (Å²) < 4.78 is 37.5. The molecule has 1 aromatic rings. The molecule has 0 fully saturated rings. The monoisotopic (exact) mass is 302 g/mol. The maximum Gasteiger partial charge on any atom is 0.281 e.